The molecule has 0 bridgehead atoms. The van der Waals surface area contributed by atoms with Crippen LogP contribution in [0.1, 0.15) is 21.5 Å². The van der Waals surface area contributed by atoms with Crippen molar-refractivity contribution in [1.29, 1.82) is 0 Å². The summed E-state index contributed by atoms with van der Waals surface area (Å²) < 4.78 is 4.65. The average molecular weight is 287 g/mol. The maximum absolute atomic E-state index is 11.4. The van der Waals surface area contributed by atoms with E-state index in [-0.39, 0.29) is 5.82 Å². The number of pyridine rings is 1. The summed E-state index contributed by atoms with van der Waals surface area (Å²) in [7, 11) is 1.33. The number of halogens is 1. The Bertz CT molecular complexity index is 697. The number of nitrogen functional groups attached to an aromatic ring is 1. The van der Waals surface area contributed by atoms with E-state index in [0.717, 1.165) is 0 Å². The van der Waals surface area contributed by atoms with Gasteiger partial charge in [-0.15, -0.1) is 0 Å². The molecule has 0 saturated carbocycles. The third-order valence-corrected chi connectivity index (χ3v) is 2.86. The van der Waals surface area contributed by atoms with Crippen molar-refractivity contribution >= 4 is 23.4 Å². The van der Waals surface area contributed by atoms with Gasteiger partial charge in [-0.2, -0.15) is 0 Å². The van der Waals surface area contributed by atoms with Crippen LogP contribution in [-0.4, -0.2) is 18.1 Å². The second kappa shape index (κ2) is 6.09. The zero-order chi connectivity index (χ0) is 14.5. The van der Waals surface area contributed by atoms with Crippen LogP contribution >= 0.6 is 11.6 Å². The molecule has 4 nitrogen and oxygen atoms in total. The highest BCUT2D eigenvalue weighted by Crippen LogP contribution is 2.18. The van der Waals surface area contributed by atoms with E-state index in [0.29, 0.717) is 21.7 Å². The van der Waals surface area contributed by atoms with Crippen molar-refractivity contribution in [2.75, 3.05) is 12.8 Å². The molecule has 20 heavy (non-hydrogen) atoms. The highest BCUT2D eigenvalue weighted by atomic mass is 35.5. The highest BCUT2D eigenvalue weighted by molar-refractivity contribution is 6.32. The predicted octanol–water partition coefficient (Wildman–Crippen LogP) is 2.50. The van der Waals surface area contributed by atoms with Gasteiger partial charge in [0.15, 0.2) is 0 Å². The van der Waals surface area contributed by atoms with Gasteiger partial charge in [0, 0.05) is 11.8 Å². The number of anilines is 1. The van der Waals surface area contributed by atoms with Crippen LogP contribution in [0.3, 0.4) is 0 Å². The Hall–Kier alpha value is -2.51. The minimum Gasteiger partial charge on any atom is -0.465 e. The monoisotopic (exact) mass is 286 g/mol. The lowest BCUT2D eigenvalue weighted by atomic mass is 10.1. The van der Waals surface area contributed by atoms with E-state index in [4.69, 9.17) is 17.3 Å². The molecule has 1 heterocycles. The summed E-state index contributed by atoms with van der Waals surface area (Å²) in [5.41, 5.74) is 7.28. The fourth-order valence-electron chi connectivity index (χ4n) is 1.55. The van der Waals surface area contributed by atoms with E-state index in [2.05, 4.69) is 21.6 Å². The summed E-state index contributed by atoms with van der Waals surface area (Å²) in [6, 6.07) is 8.42. The molecule has 0 amide bonds. The van der Waals surface area contributed by atoms with Gasteiger partial charge in [-0.05, 0) is 24.3 Å². The van der Waals surface area contributed by atoms with Gasteiger partial charge in [0.05, 0.1) is 23.3 Å². The summed E-state index contributed by atoms with van der Waals surface area (Å²) >= 11 is 6.00. The standard InChI is InChI=1S/C15H11ClN2O2/c1-20-15(19)11-4-2-3-10(9-11)5-6-12-13(16)7-8-18-14(12)17/h2-4,7-9H,1H3,(H2,17,18). The van der Waals surface area contributed by atoms with Crippen LogP contribution < -0.4 is 5.73 Å². The average Bonchev–Trinajstić information content (AvgIpc) is 2.46. The number of methoxy groups -OCH3 is 1. The molecule has 5 heteroatoms. The smallest absolute Gasteiger partial charge is 0.337 e. The van der Waals surface area contributed by atoms with Crippen LogP contribution in [0, 0.1) is 11.8 Å². The first-order valence-electron chi connectivity index (χ1n) is 5.72. The molecule has 0 fully saturated rings. The summed E-state index contributed by atoms with van der Waals surface area (Å²) in [5.74, 6) is 5.62. The molecule has 1 aromatic carbocycles. The lowest BCUT2D eigenvalue weighted by Gasteiger charge is -2.00. The summed E-state index contributed by atoms with van der Waals surface area (Å²) in [5, 5.41) is 0.439. The van der Waals surface area contributed by atoms with E-state index >= 15 is 0 Å². The molecule has 2 rings (SSSR count). The van der Waals surface area contributed by atoms with E-state index in [1.807, 2.05) is 0 Å². The zero-order valence-corrected chi connectivity index (χ0v) is 11.4. The molecule has 1 aromatic heterocycles. The number of aromatic nitrogens is 1. The Balaban J connectivity index is 2.36. The van der Waals surface area contributed by atoms with Crippen molar-refractivity contribution in [2.24, 2.45) is 0 Å². The first-order valence-corrected chi connectivity index (χ1v) is 6.10. The number of hydrogen-bond acceptors (Lipinski definition) is 4. The fourth-order valence-corrected chi connectivity index (χ4v) is 1.75. The van der Waals surface area contributed by atoms with Gasteiger partial charge >= 0.3 is 5.97 Å². The third kappa shape index (κ3) is 3.08. The van der Waals surface area contributed by atoms with Gasteiger partial charge in [-0.3, -0.25) is 0 Å². The van der Waals surface area contributed by atoms with Gasteiger partial charge in [-0.1, -0.05) is 29.5 Å². The molecule has 0 unspecified atom stereocenters. The first-order chi connectivity index (χ1) is 9.61. The van der Waals surface area contributed by atoms with Crippen molar-refractivity contribution in [2.45, 2.75) is 0 Å². The van der Waals surface area contributed by atoms with E-state index < -0.39 is 5.97 Å². The fraction of sp³-hybridized carbons (Fsp3) is 0.0667. The number of hydrogen-bond donors (Lipinski definition) is 1. The van der Waals surface area contributed by atoms with Crippen LogP contribution in [0.2, 0.25) is 5.02 Å². The minimum atomic E-state index is -0.410. The van der Waals surface area contributed by atoms with Gasteiger partial charge in [0.1, 0.15) is 5.82 Å². The number of nitrogens with zero attached hydrogens (tertiary/aromatic N) is 1. The van der Waals surface area contributed by atoms with Crippen molar-refractivity contribution in [3.05, 3.63) is 58.2 Å². The maximum Gasteiger partial charge on any atom is 0.337 e. The lowest BCUT2D eigenvalue weighted by Crippen LogP contribution is -2.00. The lowest BCUT2D eigenvalue weighted by molar-refractivity contribution is 0.0600. The largest absolute Gasteiger partial charge is 0.465 e. The Kier molecular flexibility index (Phi) is 4.24. The third-order valence-electron chi connectivity index (χ3n) is 2.54. The molecular formula is C15H11ClN2O2. The number of carbonyl (C=O) groups excluding carboxylic acids is 1. The quantitative estimate of drug-likeness (QED) is 0.646. The maximum atomic E-state index is 11.4. The highest BCUT2D eigenvalue weighted by Gasteiger charge is 2.05. The molecular weight excluding hydrogens is 276 g/mol. The summed E-state index contributed by atoms with van der Waals surface area (Å²) in [4.78, 5) is 15.4. The second-order valence-corrected chi connectivity index (χ2v) is 4.28. The number of nitrogens with two attached hydrogens (primary N) is 1. The van der Waals surface area contributed by atoms with Crippen LogP contribution in [0.4, 0.5) is 5.82 Å². The molecule has 0 aliphatic heterocycles. The molecule has 0 radical (unpaired) electrons. The Morgan fingerprint density at radius 3 is 2.85 bits per heavy atom. The minimum absolute atomic E-state index is 0.272. The van der Waals surface area contributed by atoms with Crippen LogP contribution in [-0.2, 0) is 4.74 Å². The molecule has 100 valence electrons. The van der Waals surface area contributed by atoms with Crippen LogP contribution in [0.15, 0.2) is 36.5 Å². The second-order valence-electron chi connectivity index (χ2n) is 3.88. The van der Waals surface area contributed by atoms with Crippen molar-refractivity contribution < 1.29 is 9.53 Å². The molecule has 0 saturated heterocycles. The van der Waals surface area contributed by atoms with Gasteiger partial charge in [0.2, 0.25) is 0 Å². The topological polar surface area (TPSA) is 65.2 Å². The van der Waals surface area contributed by atoms with Crippen molar-refractivity contribution in [3.8, 4) is 11.8 Å². The zero-order valence-electron chi connectivity index (χ0n) is 10.7. The van der Waals surface area contributed by atoms with Gasteiger partial charge in [0.25, 0.3) is 0 Å². The van der Waals surface area contributed by atoms with E-state index in [1.54, 1.807) is 30.3 Å². The normalized spacial score (nSPS) is 9.50. The van der Waals surface area contributed by atoms with Gasteiger partial charge in [-0.25, -0.2) is 9.78 Å². The molecule has 2 aromatic rings. The summed E-state index contributed by atoms with van der Waals surface area (Å²) in [6.07, 6.45) is 1.51. The number of benzene rings is 1. The van der Waals surface area contributed by atoms with E-state index in [9.17, 15) is 4.79 Å². The molecule has 2 N–H and O–H groups in total. The number of esters is 1. The molecule has 0 spiro atoms. The van der Waals surface area contributed by atoms with Crippen molar-refractivity contribution in [3.63, 3.8) is 0 Å². The molecule has 0 atom stereocenters. The molecule has 0 aliphatic rings. The Labute approximate surface area is 121 Å². The van der Waals surface area contributed by atoms with Crippen LogP contribution in [0.5, 0.6) is 0 Å². The molecule has 0 aliphatic carbocycles. The summed E-state index contributed by atoms with van der Waals surface area (Å²) in [6.45, 7) is 0. The first kappa shape index (κ1) is 13.9. The number of ether oxygens (including phenoxy) is 1. The van der Waals surface area contributed by atoms with Gasteiger partial charge < -0.3 is 10.5 Å². The van der Waals surface area contributed by atoms with Crippen LogP contribution in [0.25, 0.3) is 0 Å². The van der Waals surface area contributed by atoms with E-state index in [1.165, 1.54) is 13.3 Å². The Morgan fingerprint density at radius 1 is 1.35 bits per heavy atom. The SMILES string of the molecule is COC(=O)c1cccc(C#Cc2c(Cl)ccnc2N)c1. The number of carbonyl (C=O) groups is 1. The van der Waals surface area contributed by atoms with Crippen molar-refractivity contribution in [1.82, 2.24) is 4.98 Å². The Morgan fingerprint density at radius 2 is 2.15 bits per heavy atom. The predicted molar refractivity (Wildman–Crippen MR) is 77.4 cm³/mol. The number of rotatable bonds is 1.